The summed E-state index contributed by atoms with van der Waals surface area (Å²) in [6.07, 6.45) is 4.13. The van der Waals surface area contributed by atoms with E-state index in [4.69, 9.17) is 5.73 Å². The van der Waals surface area contributed by atoms with Crippen LogP contribution in [-0.4, -0.2) is 50.8 Å². The molecule has 0 spiro atoms. The van der Waals surface area contributed by atoms with Crippen LogP contribution < -0.4 is 10.6 Å². The molecular weight excluding hydrogens is 344 g/mol. The minimum Gasteiger partial charge on any atom is -0.481 e. The molecule has 4 N–H and O–H groups in total. The second kappa shape index (κ2) is 8.94. The number of rotatable bonds is 8. The molecule has 3 rings (SSSR count). The number of aliphatic carboxylic acids is 1. The highest BCUT2D eigenvalue weighted by Gasteiger charge is 2.32. The first-order valence-electron chi connectivity index (χ1n) is 9.64. The molecule has 0 aliphatic carbocycles. The highest BCUT2D eigenvalue weighted by Crippen LogP contribution is 2.30. The van der Waals surface area contributed by atoms with Gasteiger partial charge in [0.15, 0.2) is 5.82 Å². The number of aromatic amines is 1. The van der Waals surface area contributed by atoms with Gasteiger partial charge in [0.2, 0.25) is 0 Å². The van der Waals surface area contributed by atoms with Crippen LogP contribution in [-0.2, 0) is 11.2 Å². The van der Waals surface area contributed by atoms with Crippen molar-refractivity contribution < 1.29 is 9.90 Å². The molecule has 1 saturated heterocycles. The Labute approximate surface area is 159 Å². The number of carboxylic acids is 1. The number of anilines is 1. The number of nitrogens with zero attached hydrogens (tertiary/aromatic N) is 4. The summed E-state index contributed by atoms with van der Waals surface area (Å²) in [5, 5.41) is 23.9. The minimum atomic E-state index is -0.814. The zero-order valence-corrected chi connectivity index (χ0v) is 15.7. The van der Waals surface area contributed by atoms with E-state index in [0.717, 1.165) is 43.6 Å². The van der Waals surface area contributed by atoms with Gasteiger partial charge in [0.25, 0.3) is 0 Å². The van der Waals surface area contributed by atoms with Gasteiger partial charge in [0.1, 0.15) is 0 Å². The lowest BCUT2D eigenvalue weighted by molar-refractivity contribution is -0.142. The largest absolute Gasteiger partial charge is 0.481 e. The molecular formula is C19H28N6O2. The van der Waals surface area contributed by atoms with Crippen molar-refractivity contribution in [3.63, 3.8) is 0 Å². The third-order valence-corrected chi connectivity index (χ3v) is 5.31. The van der Waals surface area contributed by atoms with Crippen LogP contribution in [0, 0.1) is 5.92 Å². The standard InChI is InChI=1S/C19H28N6O2/c1-2-4-16(19(26)27)17(18-21-23-24-22-18)11-13-6-8-15(9-7-13)25-10-3-5-14(20)12-25/h6-9,14,16-17H,2-5,10-12,20H2,1H3,(H,26,27)(H,21,22,23,24)/t14-,16+,17+/m1/s1. The van der Waals surface area contributed by atoms with Crippen molar-refractivity contribution in [2.24, 2.45) is 11.7 Å². The lowest BCUT2D eigenvalue weighted by Crippen LogP contribution is -2.42. The zero-order valence-electron chi connectivity index (χ0n) is 15.7. The second-order valence-corrected chi connectivity index (χ2v) is 7.33. The van der Waals surface area contributed by atoms with Crippen LogP contribution in [0.5, 0.6) is 0 Å². The van der Waals surface area contributed by atoms with E-state index in [9.17, 15) is 9.90 Å². The molecule has 0 bridgehead atoms. The van der Waals surface area contributed by atoms with Gasteiger partial charge in [-0.05, 0) is 43.4 Å². The molecule has 2 aromatic rings. The highest BCUT2D eigenvalue weighted by atomic mass is 16.4. The van der Waals surface area contributed by atoms with E-state index in [1.807, 2.05) is 6.92 Å². The number of benzene rings is 1. The molecule has 3 atom stereocenters. The van der Waals surface area contributed by atoms with E-state index < -0.39 is 11.9 Å². The van der Waals surface area contributed by atoms with E-state index >= 15 is 0 Å². The topological polar surface area (TPSA) is 121 Å². The maximum atomic E-state index is 11.8. The Bertz CT molecular complexity index is 718. The predicted molar refractivity (Wildman–Crippen MR) is 103 cm³/mol. The maximum Gasteiger partial charge on any atom is 0.307 e. The van der Waals surface area contributed by atoms with Crippen LogP contribution in [0.15, 0.2) is 24.3 Å². The number of nitrogens with one attached hydrogen (secondary N) is 1. The number of H-pyrrole nitrogens is 1. The van der Waals surface area contributed by atoms with Gasteiger partial charge in [0.05, 0.1) is 5.92 Å². The molecule has 1 aromatic heterocycles. The van der Waals surface area contributed by atoms with Gasteiger partial charge >= 0.3 is 5.97 Å². The first-order chi connectivity index (χ1) is 13.1. The SMILES string of the molecule is CCC[C@H](C(=O)O)[C@H](Cc1ccc(N2CCC[C@@H](N)C2)cc1)c1nn[nH]n1. The van der Waals surface area contributed by atoms with Gasteiger partial charge < -0.3 is 15.7 Å². The zero-order chi connectivity index (χ0) is 19.2. The molecule has 1 aliphatic rings. The van der Waals surface area contributed by atoms with Crippen LogP contribution in [0.2, 0.25) is 0 Å². The fourth-order valence-electron chi connectivity index (χ4n) is 3.89. The number of nitrogens with two attached hydrogens (primary N) is 1. The molecule has 8 nitrogen and oxygen atoms in total. The molecule has 0 radical (unpaired) electrons. The Morgan fingerprint density at radius 3 is 2.78 bits per heavy atom. The first kappa shape index (κ1) is 19.3. The van der Waals surface area contributed by atoms with Crippen molar-refractivity contribution in [3.05, 3.63) is 35.7 Å². The van der Waals surface area contributed by atoms with E-state index in [-0.39, 0.29) is 12.0 Å². The number of tetrazole rings is 1. The number of aromatic nitrogens is 4. The van der Waals surface area contributed by atoms with Crippen molar-refractivity contribution in [3.8, 4) is 0 Å². The summed E-state index contributed by atoms with van der Waals surface area (Å²) in [6, 6.07) is 8.54. The summed E-state index contributed by atoms with van der Waals surface area (Å²) < 4.78 is 0. The van der Waals surface area contributed by atoms with Gasteiger partial charge in [-0.25, -0.2) is 0 Å². The number of carboxylic acid groups (broad SMARTS) is 1. The van der Waals surface area contributed by atoms with Crippen molar-refractivity contribution in [1.29, 1.82) is 0 Å². The molecule has 0 unspecified atom stereocenters. The average Bonchev–Trinajstić information content (AvgIpc) is 3.19. The Kier molecular flexibility index (Phi) is 6.39. The predicted octanol–water partition coefficient (Wildman–Crippen LogP) is 1.95. The van der Waals surface area contributed by atoms with Crippen molar-refractivity contribution >= 4 is 11.7 Å². The third kappa shape index (κ3) is 4.82. The summed E-state index contributed by atoms with van der Waals surface area (Å²) >= 11 is 0. The van der Waals surface area contributed by atoms with Gasteiger partial charge in [-0.2, -0.15) is 5.21 Å². The van der Waals surface area contributed by atoms with Crippen molar-refractivity contribution in [2.45, 2.75) is 51.0 Å². The van der Waals surface area contributed by atoms with Crippen molar-refractivity contribution in [2.75, 3.05) is 18.0 Å². The van der Waals surface area contributed by atoms with E-state index in [1.54, 1.807) is 0 Å². The number of carbonyl (C=O) groups is 1. The molecule has 146 valence electrons. The highest BCUT2D eigenvalue weighted by molar-refractivity contribution is 5.71. The summed E-state index contributed by atoms with van der Waals surface area (Å²) in [5.74, 6) is -1.20. The van der Waals surface area contributed by atoms with E-state index in [1.165, 1.54) is 0 Å². The Balaban J connectivity index is 1.76. The van der Waals surface area contributed by atoms with Crippen LogP contribution in [0.3, 0.4) is 0 Å². The van der Waals surface area contributed by atoms with Gasteiger partial charge in [0, 0.05) is 30.7 Å². The molecule has 0 amide bonds. The van der Waals surface area contributed by atoms with Crippen molar-refractivity contribution in [1.82, 2.24) is 20.6 Å². The van der Waals surface area contributed by atoms with Gasteiger partial charge in [-0.15, -0.1) is 10.2 Å². The Hall–Kier alpha value is -2.48. The quantitative estimate of drug-likeness (QED) is 0.647. The molecule has 2 heterocycles. The fourth-order valence-corrected chi connectivity index (χ4v) is 3.89. The summed E-state index contributed by atoms with van der Waals surface area (Å²) in [6.45, 7) is 3.89. The smallest absolute Gasteiger partial charge is 0.307 e. The number of piperidine rings is 1. The number of hydrogen-bond donors (Lipinski definition) is 3. The average molecular weight is 372 g/mol. The summed E-state index contributed by atoms with van der Waals surface area (Å²) in [4.78, 5) is 14.1. The maximum absolute atomic E-state index is 11.8. The molecule has 1 aliphatic heterocycles. The monoisotopic (exact) mass is 372 g/mol. The van der Waals surface area contributed by atoms with E-state index in [0.29, 0.717) is 18.7 Å². The first-order valence-corrected chi connectivity index (χ1v) is 9.64. The fraction of sp³-hybridized carbons (Fsp3) is 0.579. The van der Waals surface area contributed by atoms with Crippen LogP contribution in [0.25, 0.3) is 0 Å². The Morgan fingerprint density at radius 1 is 1.41 bits per heavy atom. The molecule has 0 saturated carbocycles. The van der Waals surface area contributed by atoms with E-state index in [2.05, 4.69) is 49.8 Å². The second-order valence-electron chi connectivity index (χ2n) is 7.33. The lowest BCUT2D eigenvalue weighted by Gasteiger charge is -2.32. The summed E-state index contributed by atoms with van der Waals surface area (Å²) in [5.41, 5.74) is 8.31. The van der Waals surface area contributed by atoms with Gasteiger partial charge in [-0.1, -0.05) is 30.7 Å². The Morgan fingerprint density at radius 2 is 2.19 bits per heavy atom. The van der Waals surface area contributed by atoms with Gasteiger partial charge in [-0.3, -0.25) is 4.79 Å². The molecule has 27 heavy (non-hydrogen) atoms. The number of hydrogen-bond acceptors (Lipinski definition) is 6. The molecule has 1 fully saturated rings. The molecule has 1 aromatic carbocycles. The third-order valence-electron chi connectivity index (χ3n) is 5.31. The minimum absolute atomic E-state index is 0.228. The summed E-state index contributed by atoms with van der Waals surface area (Å²) in [7, 11) is 0. The van der Waals surface area contributed by atoms with Crippen LogP contribution >= 0.6 is 0 Å². The molecule has 8 heteroatoms. The van der Waals surface area contributed by atoms with Crippen LogP contribution in [0.4, 0.5) is 5.69 Å². The normalized spacial score (nSPS) is 19.6. The van der Waals surface area contributed by atoms with Crippen LogP contribution in [0.1, 0.15) is 49.9 Å². The lowest BCUT2D eigenvalue weighted by atomic mass is 9.83.